The van der Waals surface area contributed by atoms with E-state index in [1.807, 2.05) is 0 Å². The molecule has 1 aliphatic rings. The number of aryl methyl sites for hydroxylation is 1. The smallest absolute Gasteiger partial charge is 0.375 e. The first-order chi connectivity index (χ1) is 14.5. The third-order valence-electron chi connectivity index (χ3n) is 5.87. The molecule has 4 rings (SSSR count). The van der Waals surface area contributed by atoms with Gasteiger partial charge in [0.1, 0.15) is 5.01 Å². The van der Waals surface area contributed by atoms with Crippen LogP contribution >= 0.6 is 11.3 Å². The van der Waals surface area contributed by atoms with Gasteiger partial charge in [-0.05, 0) is 25.7 Å². The Bertz CT molecular complexity index is 1230. The zero-order valence-corrected chi connectivity index (χ0v) is 17.8. The molecule has 1 atom stereocenters. The third-order valence-corrected chi connectivity index (χ3v) is 6.97. The summed E-state index contributed by atoms with van der Waals surface area (Å²) < 4.78 is 43.2. The molecule has 0 radical (unpaired) electrons. The SMILES string of the molecule is Cn1c(=O)n(Cc2csc(C(C)(O)C(F)(F)F)n2)c(=O)c2c1ncn2CC1CCCC1. The Balaban J connectivity index is 1.73. The first-order valence-electron chi connectivity index (χ1n) is 9.89. The Morgan fingerprint density at radius 3 is 2.58 bits per heavy atom. The summed E-state index contributed by atoms with van der Waals surface area (Å²) in [6.07, 6.45) is 1.08. The van der Waals surface area contributed by atoms with Gasteiger partial charge in [-0.2, -0.15) is 13.2 Å². The summed E-state index contributed by atoms with van der Waals surface area (Å²) in [5.74, 6) is 0.438. The van der Waals surface area contributed by atoms with E-state index >= 15 is 0 Å². The number of hydrogen-bond donors (Lipinski definition) is 1. The van der Waals surface area contributed by atoms with E-state index in [9.17, 15) is 27.9 Å². The molecule has 0 spiro atoms. The number of imidazole rings is 1. The highest BCUT2D eigenvalue weighted by Crippen LogP contribution is 2.39. The number of nitrogens with zero attached hydrogens (tertiary/aromatic N) is 5. The first kappa shape index (κ1) is 21.8. The van der Waals surface area contributed by atoms with Gasteiger partial charge >= 0.3 is 11.9 Å². The van der Waals surface area contributed by atoms with E-state index in [1.165, 1.54) is 17.0 Å². The highest BCUT2D eigenvalue weighted by molar-refractivity contribution is 7.09. The molecule has 3 aromatic rings. The van der Waals surface area contributed by atoms with E-state index in [4.69, 9.17) is 0 Å². The molecule has 1 aliphatic carbocycles. The fourth-order valence-corrected chi connectivity index (χ4v) is 4.85. The predicted molar refractivity (Wildman–Crippen MR) is 108 cm³/mol. The number of alkyl halides is 3. The number of fused-ring (bicyclic) bond motifs is 1. The van der Waals surface area contributed by atoms with Gasteiger partial charge in [-0.3, -0.25) is 13.9 Å². The van der Waals surface area contributed by atoms with Gasteiger partial charge in [-0.25, -0.2) is 14.8 Å². The van der Waals surface area contributed by atoms with E-state index in [1.54, 1.807) is 10.9 Å². The summed E-state index contributed by atoms with van der Waals surface area (Å²) in [4.78, 5) is 34.0. The lowest BCUT2D eigenvalue weighted by atomic mass is 10.1. The topological polar surface area (TPSA) is 94.9 Å². The standard InChI is InChI=1S/C19H22F3N5O3S/c1-18(30,19(20,21)22)16-24-12(9-31-16)8-27-15(28)13-14(25(2)17(27)29)23-10-26(13)7-11-5-3-4-6-11/h9-11,30H,3-8H2,1-2H3. The molecule has 0 saturated heterocycles. The van der Waals surface area contributed by atoms with Gasteiger partial charge in [0.05, 0.1) is 18.6 Å². The normalized spacial score (nSPS) is 17.5. The number of rotatable bonds is 5. The molecule has 12 heteroatoms. The average molecular weight is 457 g/mol. The molecule has 0 bridgehead atoms. The maximum atomic E-state index is 13.2. The highest BCUT2D eigenvalue weighted by Gasteiger charge is 2.53. The molecule has 0 aliphatic heterocycles. The van der Waals surface area contributed by atoms with Crippen molar-refractivity contribution in [2.45, 2.75) is 57.5 Å². The van der Waals surface area contributed by atoms with Crippen molar-refractivity contribution in [3.05, 3.63) is 43.2 Å². The summed E-state index contributed by atoms with van der Waals surface area (Å²) in [6.45, 7) is 0.939. The van der Waals surface area contributed by atoms with E-state index < -0.39 is 28.0 Å². The van der Waals surface area contributed by atoms with Crippen LogP contribution in [0.5, 0.6) is 0 Å². The molecule has 0 aromatic carbocycles. The van der Waals surface area contributed by atoms with Gasteiger partial charge in [0.2, 0.25) is 5.60 Å². The highest BCUT2D eigenvalue weighted by atomic mass is 32.1. The lowest BCUT2D eigenvalue weighted by Crippen LogP contribution is -2.40. The molecule has 168 valence electrons. The second-order valence-electron chi connectivity index (χ2n) is 8.17. The van der Waals surface area contributed by atoms with Crippen LogP contribution in [-0.4, -0.2) is 35.0 Å². The molecular weight excluding hydrogens is 435 g/mol. The van der Waals surface area contributed by atoms with Gasteiger partial charge < -0.3 is 9.67 Å². The molecule has 1 fully saturated rings. The second-order valence-corrected chi connectivity index (χ2v) is 9.02. The maximum Gasteiger partial charge on any atom is 0.423 e. The van der Waals surface area contributed by atoms with Crippen LogP contribution in [0, 0.1) is 5.92 Å². The molecule has 3 aromatic heterocycles. The Kier molecular flexibility index (Phi) is 5.32. The van der Waals surface area contributed by atoms with Crippen molar-refractivity contribution >= 4 is 22.5 Å². The second kappa shape index (κ2) is 7.59. The fourth-order valence-electron chi connectivity index (χ4n) is 3.96. The number of aliphatic hydroxyl groups is 1. The van der Waals surface area contributed by atoms with Crippen LogP contribution < -0.4 is 11.2 Å². The largest absolute Gasteiger partial charge is 0.423 e. The lowest BCUT2D eigenvalue weighted by Gasteiger charge is -2.23. The van der Waals surface area contributed by atoms with Crippen molar-refractivity contribution in [1.82, 2.24) is 23.7 Å². The molecule has 0 amide bonds. The molecule has 31 heavy (non-hydrogen) atoms. The van der Waals surface area contributed by atoms with E-state index in [0.717, 1.165) is 30.3 Å². The molecule has 1 N–H and O–H groups in total. The van der Waals surface area contributed by atoms with Crippen molar-refractivity contribution < 1.29 is 18.3 Å². The summed E-state index contributed by atoms with van der Waals surface area (Å²) in [5, 5.41) is 10.6. The number of aromatic nitrogens is 5. The van der Waals surface area contributed by atoms with Gasteiger partial charge in [0.15, 0.2) is 11.2 Å². The van der Waals surface area contributed by atoms with Crippen LogP contribution in [0.15, 0.2) is 21.3 Å². The van der Waals surface area contributed by atoms with Crippen LogP contribution in [0.2, 0.25) is 0 Å². The quantitative estimate of drug-likeness (QED) is 0.635. The van der Waals surface area contributed by atoms with Crippen molar-refractivity contribution in [2.75, 3.05) is 0 Å². The summed E-state index contributed by atoms with van der Waals surface area (Å²) in [5.41, 5.74) is -3.68. The summed E-state index contributed by atoms with van der Waals surface area (Å²) in [6, 6.07) is 0. The van der Waals surface area contributed by atoms with Crippen LogP contribution in [0.25, 0.3) is 11.2 Å². The Hall–Kier alpha value is -2.47. The number of thiazole rings is 1. The Labute approximate surface area is 178 Å². The van der Waals surface area contributed by atoms with Crippen molar-refractivity contribution in [3.63, 3.8) is 0 Å². The monoisotopic (exact) mass is 457 g/mol. The Morgan fingerprint density at radius 1 is 1.26 bits per heavy atom. The van der Waals surface area contributed by atoms with E-state index in [-0.39, 0.29) is 23.4 Å². The fraction of sp³-hybridized carbons (Fsp3) is 0.579. The predicted octanol–water partition coefficient (Wildman–Crippen LogP) is 2.36. The van der Waals surface area contributed by atoms with Crippen LogP contribution in [-0.2, 0) is 25.7 Å². The van der Waals surface area contributed by atoms with Gasteiger partial charge in [0.25, 0.3) is 5.56 Å². The number of halogens is 3. The van der Waals surface area contributed by atoms with Gasteiger partial charge in [0, 0.05) is 19.0 Å². The van der Waals surface area contributed by atoms with Crippen LogP contribution in [0.1, 0.15) is 43.3 Å². The summed E-state index contributed by atoms with van der Waals surface area (Å²) in [7, 11) is 1.49. The number of hydrogen-bond acceptors (Lipinski definition) is 6. The van der Waals surface area contributed by atoms with Crippen molar-refractivity contribution in [3.8, 4) is 0 Å². The van der Waals surface area contributed by atoms with Crippen molar-refractivity contribution in [1.29, 1.82) is 0 Å². The molecule has 1 saturated carbocycles. The molecule has 8 nitrogen and oxygen atoms in total. The first-order valence-corrected chi connectivity index (χ1v) is 10.8. The van der Waals surface area contributed by atoms with E-state index in [2.05, 4.69) is 9.97 Å². The van der Waals surface area contributed by atoms with Gasteiger partial charge in [-0.1, -0.05) is 12.8 Å². The lowest BCUT2D eigenvalue weighted by molar-refractivity contribution is -0.258. The minimum absolute atomic E-state index is 0.0879. The molecule has 1 unspecified atom stereocenters. The van der Waals surface area contributed by atoms with Crippen LogP contribution in [0.3, 0.4) is 0 Å². The van der Waals surface area contributed by atoms with Crippen LogP contribution in [0.4, 0.5) is 13.2 Å². The molecule has 3 heterocycles. The minimum Gasteiger partial charge on any atom is -0.375 e. The average Bonchev–Trinajstić information content (AvgIpc) is 3.44. The van der Waals surface area contributed by atoms with E-state index in [0.29, 0.717) is 30.7 Å². The zero-order chi connectivity index (χ0) is 22.6. The zero-order valence-electron chi connectivity index (χ0n) is 17.0. The summed E-state index contributed by atoms with van der Waals surface area (Å²) >= 11 is 0.625. The Morgan fingerprint density at radius 2 is 1.94 bits per heavy atom. The van der Waals surface area contributed by atoms with Gasteiger partial charge in [-0.15, -0.1) is 11.3 Å². The maximum absolute atomic E-state index is 13.2. The third kappa shape index (κ3) is 3.71. The van der Waals surface area contributed by atoms with Crippen molar-refractivity contribution in [2.24, 2.45) is 13.0 Å². The minimum atomic E-state index is -4.90. The molecular formula is C19H22F3N5O3S.